The van der Waals surface area contributed by atoms with Crippen molar-refractivity contribution in [3.63, 3.8) is 0 Å². The smallest absolute Gasteiger partial charge is 0.148 e. The van der Waals surface area contributed by atoms with E-state index in [2.05, 4.69) is 74.5 Å². The molecule has 0 aliphatic carbocycles. The molecular formula is C25H31N3O. The predicted molar refractivity (Wildman–Crippen MR) is 124 cm³/mol. The Kier molecular flexibility index (Phi) is 5.83. The van der Waals surface area contributed by atoms with Crippen LogP contribution in [-0.4, -0.2) is 17.3 Å². The van der Waals surface area contributed by atoms with Crippen molar-refractivity contribution in [3.8, 4) is 5.75 Å². The van der Waals surface area contributed by atoms with E-state index in [0.29, 0.717) is 12.4 Å². The SMILES string of the molecule is C=C(N1C=CN=C(N)C1=C(CC)c1ccc2cc(OCC)ccc2c1)C(C)(C)C. The summed E-state index contributed by atoms with van der Waals surface area (Å²) in [5, 5.41) is 2.32. The van der Waals surface area contributed by atoms with Gasteiger partial charge in [-0.25, -0.2) is 4.99 Å². The average Bonchev–Trinajstić information content (AvgIpc) is 2.68. The third-order valence-electron chi connectivity index (χ3n) is 5.18. The molecule has 0 atom stereocenters. The van der Waals surface area contributed by atoms with E-state index in [4.69, 9.17) is 10.5 Å². The van der Waals surface area contributed by atoms with Gasteiger partial charge in [-0.15, -0.1) is 0 Å². The van der Waals surface area contributed by atoms with Gasteiger partial charge in [0.1, 0.15) is 11.6 Å². The lowest BCUT2D eigenvalue weighted by atomic mass is 9.90. The molecule has 0 bridgehead atoms. The van der Waals surface area contributed by atoms with Crippen LogP contribution in [0.4, 0.5) is 0 Å². The first kappa shape index (κ1) is 20.7. The fourth-order valence-electron chi connectivity index (χ4n) is 3.50. The monoisotopic (exact) mass is 389 g/mol. The molecule has 0 aromatic heterocycles. The molecule has 29 heavy (non-hydrogen) atoms. The number of hydrogen-bond donors (Lipinski definition) is 1. The first-order valence-corrected chi connectivity index (χ1v) is 10.1. The van der Waals surface area contributed by atoms with Crippen LogP contribution in [0.25, 0.3) is 16.3 Å². The van der Waals surface area contributed by atoms with Crippen molar-refractivity contribution in [1.29, 1.82) is 0 Å². The van der Waals surface area contributed by atoms with Gasteiger partial charge in [0, 0.05) is 23.5 Å². The van der Waals surface area contributed by atoms with Crippen molar-refractivity contribution in [2.45, 2.75) is 41.0 Å². The number of aliphatic imine (C=N–C) groups is 1. The fraction of sp³-hybridized carbons (Fsp3) is 0.320. The number of benzene rings is 2. The number of allylic oxidation sites excluding steroid dienone is 2. The molecule has 0 amide bonds. The molecule has 2 N–H and O–H groups in total. The van der Waals surface area contributed by atoms with E-state index in [1.165, 1.54) is 5.39 Å². The third kappa shape index (κ3) is 4.21. The Hall–Kier alpha value is -3.01. The fourth-order valence-corrected chi connectivity index (χ4v) is 3.50. The van der Waals surface area contributed by atoms with Crippen LogP contribution in [0.15, 0.2) is 71.8 Å². The van der Waals surface area contributed by atoms with E-state index in [9.17, 15) is 0 Å². The van der Waals surface area contributed by atoms with Gasteiger partial charge in [0.05, 0.1) is 12.3 Å². The first-order chi connectivity index (χ1) is 13.8. The number of nitrogens with zero attached hydrogens (tertiary/aromatic N) is 2. The van der Waals surface area contributed by atoms with Crippen molar-refractivity contribution in [3.05, 3.63) is 72.3 Å². The lowest BCUT2D eigenvalue weighted by molar-refractivity contribution is 0.341. The second-order valence-corrected chi connectivity index (χ2v) is 8.22. The molecule has 2 aromatic rings. The molecule has 0 saturated heterocycles. The maximum atomic E-state index is 6.37. The van der Waals surface area contributed by atoms with E-state index < -0.39 is 0 Å². The molecule has 0 fully saturated rings. The number of nitrogens with two attached hydrogens (primary N) is 1. The van der Waals surface area contributed by atoms with Gasteiger partial charge in [0.25, 0.3) is 0 Å². The zero-order valence-corrected chi connectivity index (χ0v) is 18.1. The summed E-state index contributed by atoms with van der Waals surface area (Å²) in [5.74, 6) is 1.41. The molecule has 1 heterocycles. The number of amidine groups is 1. The van der Waals surface area contributed by atoms with Crippen molar-refractivity contribution < 1.29 is 4.74 Å². The van der Waals surface area contributed by atoms with Gasteiger partial charge in [-0.2, -0.15) is 0 Å². The Morgan fingerprint density at radius 3 is 2.45 bits per heavy atom. The Bertz CT molecular complexity index is 1020. The summed E-state index contributed by atoms with van der Waals surface area (Å²) in [7, 11) is 0. The molecule has 1 aliphatic heterocycles. The summed E-state index contributed by atoms with van der Waals surface area (Å²) < 4.78 is 5.63. The highest BCUT2D eigenvalue weighted by molar-refractivity contribution is 6.05. The average molecular weight is 390 g/mol. The van der Waals surface area contributed by atoms with Crippen LogP contribution in [0, 0.1) is 5.41 Å². The number of rotatable bonds is 5. The lowest BCUT2D eigenvalue weighted by Crippen LogP contribution is -2.34. The molecule has 0 spiro atoms. The van der Waals surface area contributed by atoms with Crippen LogP contribution < -0.4 is 10.5 Å². The van der Waals surface area contributed by atoms with Gasteiger partial charge in [0.15, 0.2) is 0 Å². The first-order valence-electron chi connectivity index (χ1n) is 10.1. The molecule has 4 heteroatoms. The van der Waals surface area contributed by atoms with Crippen LogP contribution in [0.5, 0.6) is 5.75 Å². The standard InChI is InChI=1S/C25H31N3O/c1-7-22(23-24(26)27-13-14-28(23)17(3)25(4,5)6)20-10-9-19-16-21(29-8-2)12-11-18(19)15-20/h9-16H,3,7-8H2,1-2,4-6H3,(H2,26,27). The molecule has 4 nitrogen and oxygen atoms in total. The predicted octanol–water partition coefficient (Wildman–Crippen LogP) is 6.06. The summed E-state index contributed by atoms with van der Waals surface area (Å²) in [6.45, 7) is 15.6. The maximum Gasteiger partial charge on any atom is 0.148 e. The van der Waals surface area contributed by atoms with Gasteiger partial charge in [-0.1, -0.05) is 52.5 Å². The normalized spacial score (nSPS) is 16.0. The van der Waals surface area contributed by atoms with Crippen molar-refractivity contribution in [1.82, 2.24) is 4.90 Å². The van der Waals surface area contributed by atoms with Gasteiger partial charge < -0.3 is 15.4 Å². The Labute approximate surface area is 174 Å². The highest BCUT2D eigenvalue weighted by Gasteiger charge is 2.27. The minimum atomic E-state index is -0.0921. The molecule has 3 rings (SSSR count). The topological polar surface area (TPSA) is 50.8 Å². The molecule has 0 saturated carbocycles. The quantitative estimate of drug-likeness (QED) is 0.676. The summed E-state index contributed by atoms with van der Waals surface area (Å²) in [6, 6.07) is 12.7. The molecule has 0 radical (unpaired) electrons. The molecule has 152 valence electrons. The zero-order chi connectivity index (χ0) is 21.2. The van der Waals surface area contributed by atoms with Crippen LogP contribution in [0.1, 0.15) is 46.6 Å². The minimum Gasteiger partial charge on any atom is -0.494 e. The van der Waals surface area contributed by atoms with Crippen LogP contribution in [0.2, 0.25) is 0 Å². The molecule has 0 unspecified atom stereocenters. The van der Waals surface area contributed by atoms with Gasteiger partial charge in [-0.3, -0.25) is 0 Å². The van der Waals surface area contributed by atoms with E-state index in [1.54, 1.807) is 6.20 Å². The number of hydrogen-bond acceptors (Lipinski definition) is 4. The van der Waals surface area contributed by atoms with Gasteiger partial charge in [-0.05, 0) is 53.5 Å². The van der Waals surface area contributed by atoms with Crippen molar-refractivity contribution in [2.24, 2.45) is 16.1 Å². The van der Waals surface area contributed by atoms with E-state index in [0.717, 1.165) is 40.1 Å². The largest absolute Gasteiger partial charge is 0.494 e. The number of ether oxygens (including phenoxy) is 1. The molecule has 1 aliphatic rings. The van der Waals surface area contributed by atoms with Crippen molar-refractivity contribution >= 4 is 22.2 Å². The third-order valence-corrected chi connectivity index (χ3v) is 5.18. The van der Waals surface area contributed by atoms with E-state index in [-0.39, 0.29) is 5.41 Å². The molecular weight excluding hydrogens is 358 g/mol. The highest BCUT2D eigenvalue weighted by Crippen LogP contribution is 2.36. The highest BCUT2D eigenvalue weighted by atomic mass is 16.5. The lowest BCUT2D eigenvalue weighted by Gasteiger charge is -2.36. The van der Waals surface area contributed by atoms with Crippen molar-refractivity contribution in [2.75, 3.05) is 6.61 Å². The summed E-state index contributed by atoms with van der Waals surface area (Å²) >= 11 is 0. The zero-order valence-electron chi connectivity index (χ0n) is 18.1. The Balaban J connectivity index is 2.13. The Morgan fingerprint density at radius 1 is 1.10 bits per heavy atom. The van der Waals surface area contributed by atoms with Gasteiger partial charge in [0.2, 0.25) is 0 Å². The second kappa shape index (κ2) is 8.16. The molecule has 2 aromatic carbocycles. The summed E-state index contributed by atoms with van der Waals surface area (Å²) in [4.78, 5) is 6.46. The van der Waals surface area contributed by atoms with Crippen LogP contribution in [-0.2, 0) is 0 Å². The second-order valence-electron chi connectivity index (χ2n) is 8.22. The summed E-state index contributed by atoms with van der Waals surface area (Å²) in [5.41, 5.74) is 10.5. The van der Waals surface area contributed by atoms with E-state index in [1.807, 2.05) is 19.2 Å². The van der Waals surface area contributed by atoms with E-state index >= 15 is 0 Å². The number of fused-ring (bicyclic) bond motifs is 1. The maximum absolute atomic E-state index is 6.37. The van der Waals surface area contributed by atoms with Gasteiger partial charge >= 0.3 is 0 Å². The minimum absolute atomic E-state index is 0.0921. The van der Waals surface area contributed by atoms with Crippen LogP contribution in [0.3, 0.4) is 0 Å². The Morgan fingerprint density at radius 2 is 1.79 bits per heavy atom. The van der Waals surface area contributed by atoms with Crippen LogP contribution >= 0.6 is 0 Å². The summed E-state index contributed by atoms with van der Waals surface area (Å²) in [6.07, 6.45) is 4.51.